The lowest BCUT2D eigenvalue weighted by Crippen LogP contribution is -2.15. The van der Waals surface area contributed by atoms with Crippen LogP contribution in [0.3, 0.4) is 0 Å². The number of para-hydroxylation sites is 1. The SMILES string of the molecule is CCc1cccc(CC)c1NC(=O)c1ccc(COc2ccc(C(C)(C)C)cc2)cc1. The number of amides is 1. The van der Waals surface area contributed by atoms with E-state index in [9.17, 15) is 4.79 Å². The summed E-state index contributed by atoms with van der Waals surface area (Å²) in [6, 6.07) is 22.1. The molecule has 0 aromatic heterocycles. The molecule has 0 aliphatic carbocycles. The van der Waals surface area contributed by atoms with E-state index in [4.69, 9.17) is 4.74 Å². The number of rotatable bonds is 7. The molecule has 3 aromatic rings. The van der Waals surface area contributed by atoms with Crippen molar-refractivity contribution in [3.8, 4) is 5.75 Å². The highest BCUT2D eigenvalue weighted by Gasteiger charge is 2.14. The molecule has 0 heterocycles. The molecule has 3 nitrogen and oxygen atoms in total. The standard InChI is InChI=1S/C28H33NO2/c1-6-21-9-8-10-22(7-2)26(21)29-27(30)23-13-11-20(12-14-23)19-31-25-17-15-24(16-18-25)28(3,4)5/h8-18H,6-7,19H2,1-5H3,(H,29,30). The molecule has 1 N–H and O–H groups in total. The fourth-order valence-electron chi connectivity index (χ4n) is 3.56. The van der Waals surface area contributed by atoms with Crippen molar-refractivity contribution < 1.29 is 9.53 Å². The first-order valence-corrected chi connectivity index (χ1v) is 11.1. The van der Waals surface area contributed by atoms with E-state index in [-0.39, 0.29) is 11.3 Å². The number of hydrogen-bond acceptors (Lipinski definition) is 2. The van der Waals surface area contributed by atoms with E-state index in [2.05, 4.69) is 70.3 Å². The Kier molecular flexibility index (Phi) is 7.17. The molecule has 0 spiro atoms. The van der Waals surface area contributed by atoms with Crippen molar-refractivity contribution in [3.05, 3.63) is 94.5 Å². The summed E-state index contributed by atoms with van der Waals surface area (Å²) in [7, 11) is 0. The molecular formula is C28H33NO2. The quantitative estimate of drug-likeness (QED) is 0.454. The maximum atomic E-state index is 12.8. The molecule has 0 radical (unpaired) electrons. The molecule has 0 saturated heterocycles. The Morgan fingerprint density at radius 2 is 1.42 bits per heavy atom. The number of ether oxygens (including phenoxy) is 1. The van der Waals surface area contributed by atoms with Gasteiger partial charge >= 0.3 is 0 Å². The lowest BCUT2D eigenvalue weighted by molar-refractivity contribution is 0.102. The second-order valence-corrected chi connectivity index (χ2v) is 8.87. The zero-order valence-electron chi connectivity index (χ0n) is 19.3. The van der Waals surface area contributed by atoms with Crippen LogP contribution in [0, 0.1) is 0 Å². The summed E-state index contributed by atoms with van der Waals surface area (Å²) in [4.78, 5) is 12.8. The molecule has 162 valence electrons. The van der Waals surface area contributed by atoms with Crippen LogP contribution in [0.1, 0.15) is 67.2 Å². The molecule has 31 heavy (non-hydrogen) atoms. The maximum absolute atomic E-state index is 12.8. The fourth-order valence-corrected chi connectivity index (χ4v) is 3.56. The van der Waals surface area contributed by atoms with Crippen LogP contribution in [0.25, 0.3) is 0 Å². The first kappa shape index (κ1) is 22.6. The highest BCUT2D eigenvalue weighted by molar-refractivity contribution is 6.05. The lowest BCUT2D eigenvalue weighted by atomic mass is 9.87. The lowest BCUT2D eigenvalue weighted by Gasteiger charge is -2.19. The van der Waals surface area contributed by atoms with Gasteiger partial charge in [0.1, 0.15) is 12.4 Å². The van der Waals surface area contributed by atoms with E-state index < -0.39 is 0 Å². The van der Waals surface area contributed by atoms with Crippen molar-refractivity contribution in [2.75, 3.05) is 5.32 Å². The molecule has 3 heteroatoms. The molecule has 0 saturated carbocycles. The first-order valence-electron chi connectivity index (χ1n) is 11.1. The highest BCUT2D eigenvalue weighted by atomic mass is 16.5. The minimum absolute atomic E-state index is 0.0826. The molecule has 0 atom stereocenters. The van der Waals surface area contributed by atoms with Crippen molar-refractivity contribution in [2.24, 2.45) is 0 Å². The van der Waals surface area contributed by atoms with Gasteiger partial charge in [-0.1, -0.05) is 77.1 Å². The second-order valence-electron chi connectivity index (χ2n) is 8.87. The van der Waals surface area contributed by atoms with Crippen LogP contribution < -0.4 is 10.1 Å². The number of nitrogens with one attached hydrogen (secondary N) is 1. The average Bonchev–Trinajstić information content (AvgIpc) is 2.77. The summed E-state index contributed by atoms with van der Waals surface area (Å²) < 4.78 is 5.92. The first-order chi connectivity index (χ1) is 14.8. The Morgan fingerprint density at radius 3 is 1.94 bits per heavy atom. The summed E-state index contributed by atoms with van der Waals surface area (Å²) >= 11 is 0. The number of aryl methyl sites for hydroxylation is 2. The largest absolute Gasteiger partial charge is 0.489 e. The summed E-state index contributed by atoms with van der Waals surface area (Å²) in [5.74, 6) is 0.763. The fraction of sp³-hybridized carbons (Fsp3) is 0.321. The maximum Gasteiger partial charge on any atom is 0.255 e. The number of carbonyl (C=O) groups is 1. The van der Waals surface area contributed by atoms with E-state index in [1.54, 1.807) is 0 Å². The molecular weight excluding hydrogens is 382 g/mol. The molecule has 1 amide bonds. The van der Waals surface area contributed by atoms with Gasteiger partial charge in [0.2, 0.25) is 0 Å². The summed E-state index contributed by atoms with van der Waals surface area (Å²) in [6.45, 7) is 11.3. The Hall–Kier alpha value is -3.07. The number of benzene rings is 3. The molecule has 3 aromatic carbocycles. The van der Waals surface area contributed by atoms with Gasteiger partial charge in [-0.05, 0) is 64.8 Å². The van der Waals surface area contributed by atoms with Crippen LogP contribution in [0.4, 0.5) is 5.69 Å². The van der Waals surface area contributed by atoms with Gasteiger partial charge in [0.15, 0.2) is 0 Å². The van der Waals surface area contributed by atoms with Gasteiger partial charge in [-0.25, -0.2) is 0 Å². The minimum Gasteiger partial charge on any atom is -0.489 e. The third kappa shape index (κ3) is 5.75. The van der Waals surface area contributed by atoms with E-state index in [0.29, 0.717) is 12.2 Å². The van der Waals surface area contributed by atoms with Gasteiger partial charge < -0.3 is 10.1 Å². The van der Waals surface area contributed by atoms with Gasteiger partial charge in [0, 0.05) is 11.3 Å². The number of carbonyl (C=O) groups excluding carboxylic acids is 1. The van der Waals surface area contributed by atoms with Gasteiger partial charge in [-0.15, -0.1) is 0 Å². The van der Waals surface area contributed by atoms with E-state index in [0.717, 1.165) is 41.0 Å². The monoisotopic (exact) mass is 415 g/mol. The van der Waals surface area contributed by atoms with E-state index >= 15 is 0 Å². The smallest absolute Gasteiger partial charge is 0.255 e. The van der Waals surface area contributed by atoms with Crippen molar-refractivity contribution in [3.63, 3.8) is 0 Å². The van der Waals surface area contributed by atoms with Crippen molar-refractivity contribution in [2.45, 2.75) is 59.5 Å². The van der Waals surface area contributed by atoms with E-state index in [1.165, 1.54) is 5.56 Å². The van der Waals surface area contributed by atoms with Gasteiger partial charge in [-0.2, -0.15) is 0 Å². The third-order valence-corrected chi connectivity index (χ3v) is 5.58. The Morgan fingerprint density at radius 1 is 0.839 bits per heavy atom. The van der Waals surface area contributed by atoms with Crippen LogP contribution in [0.15, 0.2) is 66.7 Å². The zero-order valence-corrected chi connectivity index (χ0v) is 19.3. The normalized spacial score (nSPS) is 11.3. The van der Waals surface area contributed by atoms with Gasteiger partial charge in [0.25, 0.3) is 5.91 Å². The van der Waals surface area contributed by atoms with Gasteiger partial charge in [0.05, 0.1) is 0 Å². The van der Waals surface area contributed by atoms with E-state index in [1.807, 2.05) is 36.4 Å². The molecule has 0 unspecified atom stereocenters. The van der Waals surface area contributed by atoms with Crippen LogP contribution in [0.2, 0.25) is 0 Å². The number of anilines is 1. The second kappa shape index (κ2) is 9.82. The summed E-state index contributed by atoms with van der Waals surface area (Å²) in [5.41, 5.74) is 6.36. The van der Waals surface area contributed by atoms with Gasteiger partial charge in [-0.3, -0.25) is 4.79 Å². The Labute approximate surface area is 186 Å². The molecule has 3 rings (SSSR count). The zero-order chi connectivity index (χ0) is 22.4. The predicted molar refractivity (Wildman–Crippen MR) is 129 cm³/mol. The highest BCUT2D eigenvalue weighted by Crippen LogP contribution is 2.25. The van der Waals surface area contributed by atoms with Crippen molar-refractivity contribution in [1.82, 2.24) is 0 Å². The predicted octanol–water partition coefficient (Wildman–Crippen LogP) is 6.94. The van der Waals surface area contributed by atoms with Crippen LogP contribution in [-0.2, 0) is 24.9 Å². The molecule has 0 fully saturated rings. The topological polar surface area (TPSA) is 38.3 Å². The summed E-state index contributed by atoms with van der Waals surface area (Å²) in [5, 5.41) is 3.12. The van der Waals surface area contributed by atoms with Crippen molar-refractivity contribution in [1.29, 1.82) is 0 Å². The minimum atomic E-state index is -0.0826. The molecule has 0 bridgehead atoms. The van der Waals surface area contributed by atoms with Crippen LogP contribution in [0.5, 0.6) is 5.75 Å². The van der Waals surface area contributed by atoms with Crippen LogP contribution in [-0.4, -0.2) is 5.91 Å². The third-order valence-electron chi connectivity index (χ3n) is 5.58. The Bertz CT molecular complexity index is 990. The summed E-state index contributed by atoms with van der Waals surface area (Å²) in [6.07, 6.45) is 1.77. The van der Waals surface area contributed by atoms with Crippen molar-refractivity contribution >= 4 is 11.6 Å². The molecule has 0 aliphatic heterocycles. The van der Waals surface area contributed by atoms with Crippen LogP contribution >= 0.6 is 0 Å². The average molecular weight is 416 g/mol. The number of hydrogen-bond donors (Lipinski definition) is 1. The molecule has 0 aliphatic rings. The Balaban J connectivity index is 1.63.